The standard InChI is InChI=1S/C16H15Cl3N2O3S/c1-10(16(22)20-15-9-12(18)5-8-14(15)19)21(25(2,23)24)13-6-3-11(17)4-7-13/h3-10H,1-2H3,(H,20,22)/t10-/m1/s1. The predicted octanol–water partition coefficient (Wildman–Crippen LogP) is 4.44. The third kappa shape index (κ3) is 5.01. The van der Waals surface area contributed by atoms with Gasteiger partial charge < -0.3 is 5.32 Å². The van der Waals surface area contributed by atoms with Crippen LogP contribution in [0.3, 0.4) is 0 Å². The van der Waals surface area contributed by atoms with E-state index in [1.165, 1.54) is 31.2 Å². The van der Waals surface area contributed by atoms with Gasteiger partial charge in [0.1, 0.15) is 6.04 Å². The molecule has 1 N–H and O–H groups in total. The molecule has 25 heavy (non-hydrogen) atoms. The van der Waals surface area contributed by atoms with Crippen LogP contribution in [0.2, 0.25) is 15.1 Å². The highest BCUT2D eigenvalue weighted by molar-refractivity contribution is 7.92. The maximum atomic E-state index is 12.6. The summed E-state index contributed by atoms with van der Waals surface area (Å²) in [7, 11) is -3.72. The lowest BCUT2D eigenvalue weighted by atomic mass is 10.2. The highest BCUT2D eigenvalue weighted by Crippen LogP contribution is 2.27. The Hall–Kier alpha value is -1.47. The van der Waals surface area contributed by atoms with E-state index in [1.54, 1.807) is 18.2 Å². The van der Waals surface area contributed by atoms with Crippen molar-refractivity contribution >= 4 is 62.1 Å². The third-order valence-corrected chi connectivity index (χ3v) is 5.41. The monoisotopic (exact) mass is 420 g/mol. The highest BCUT2D eigenvalue weighted by Gasteiger charge is 2.29. The zero-order valence-electron chi connectivity index (χ0n) is 13.3. The Balaban J connectivity index is 2.33. The van der Waals surface area contributed by atoms with Crippen LogP contribution in [0, 0.1) is 0 Å². The molecule has 0 radical (unpaired) electrons. The summed E-state index contributed by atoms with van der Waals surface area (Å²) in [5.41, 5.74) is 0.627. The van der Waals surface area contributed by atoms with Gasteiger partial charge in [-0.3, -0.25) is 9.10 Å². The number of amides is 1. The normalized spacial score (nSPS) is 12.5. The molecule has 2 aromatic carbocycles. The minimum atomic E-state index is -3.72. The van der Waals surface area contributed by atoms with Gasteiger partial charge in [-0.25, -0.2) is 8.42 Å². The number of sulfonamides is 1. The van der Waals surface area contributed by atoms with Crippen molar-refractivity contribution < 1.29 is 13.2 Å². The van der Waals surface area contributed by atoms with E-state index >= 15 is 0 Å². The molecule has 1 amide bonds. The van der Waals surface area contributed by atoms with Gasteiger partial charge in [0, 0.05) is 10.0 Å². The fourth-order valence-electron chi connectivity index (χ4n) is 2.23. The van der Waals surface area contributed by atoms with Crippen molar-refractivity contribution in [2.75, 3.05) is 15.9 Å². The van der Waals surface area contributed by atoms with E-state index in [2.05, 4.69) is 5.32 Å². The van der Waals surface area contributed by atoms with Gasteiger partial charge in [-0.05, 0) is 49.4 Å². The van der Waals surface area contributed by atoms with Crippen LogP contribution in [0.15, 0.2) is 42.5 Å². The second-order valence-corrected chi connectivity index (χ2v) is 8.46. The van der Waals surface area contributed by atoms with Crippen LogP contribution < -0.4 is 9.62 Å². The second kappa shape index (κ2) is 7.83. The van der Waals surface area contributed by atoms with E-state index in [4.69, 9.17) is 34.8 Å². The Kier molecular flexibility index (Phi) is 6.21. The number of carbonyl (C=O) groups is 1. The number of rotatable bonds is 5. The molecule has 5 nitrogen and oxygen atoms in total. The first-order valence-corrected chi connectivity index (χ1v) is 10.1. The smallest absolute Gasteiger partial charge is 0.248 e. The maximum Gasteiger partial charge on any atom is 0.248 e. The molecule has 0 spiro atoms. The van der Waals surface area contributed by atoms with Crippen LogP contribution >= 0.6 is 34.8 Å². The SMILES string of the molecule is C[C@H](C(=O)Nc1cc(Cl)ccc1Cl)N(c1ccc(Cl)cc1)S(C)(=O)=O. The van der Waals surface area contributed by atoms with Crippen molar-refractivity contribution in [3.63, 3.8) is 0 Å². The number of halogens is 3. The number of hydrogen-bond acceptors (Lipinski definition) is 3. The number of hydrogen-bond donors (Lipinski definition) is 1. The lowest BCUT2D eigenvalue weighted by molar-refractivity contribution is -0.116. The lowest BCUT2D eigenvalue weighted by Gasteiger charge is -2.28. The van der Waals surface area contributed by atoms with Gasteiger partial charge in [0.25, 0.3) is 0 Å². The zero-order chi connectivity index (χ0) is 18.8. The molecular weight excluding hydrogens is 407 g/mol. The van der Waals surface area contributed by atoms with E-state index in [-0.39, 0.29) is 0 Å². The number of anilines is 2. The highest BCUT2D eigenvalue weighted by atomic mass is 35.5. The molecule has 0 aliphatic rings. The summed E-state index contributed by atoms with van der Waals surface area (Å²) in [5, 5.41) is 3.74. The maximum absolute atomic E-state index is 12.6. The molecule has 9 heteroatoms. The first-order chi connectivity index (χ1) is 11.6. The van der Waals surface area contributed by atoms with E-state index < -0.39 is 22.0 Å². The van der Waals surface area contributed by atoms with Crippen LogP contribution in [-0.4, -0.2) is 26.6 Å². The fourth-order valence-corrected chi connectivity index (χ4v) is 3.86. The molecule has 0 saturated heterocycles. The molecule has 134 valence electrons. The minimum absolute atomic E-state index is 0.294. The summed E-state index contributed by atoms with van der Waals surface area (Å²) in [5.74, 6) is -0.551. The first kappa shape index (κ1) is 19.8. The first-order valence-electron chi connectivity index (χ1n) is 7.10. The molecule has 2 aromatic rings. The Morgan fingerprint density at radius 1 is 1.04 bits per heavy atom. The summed E-state index contributed by atoms with van der Waals surface area (Å²) in [4.78, 5) is 12.6. The van der Waals surface area contributed by atoms with Crippen LogP contribution in [0.5, 0.6) is 0 Å². The molecule has 2 rings (SSSR count). The van der Waals surface area contributed by atoms with E-state index in [0.717, 1.165) is 10.6 Å². The van der Waals surface area contributed by atoms with Crippen molar-refractivity contribution in [2.24, 2.45) is 0 Å². The summed E-state index contributed by atoms with van der Waals surface area (Å²) < 4.78 is 25.4. The fraction of sp³-hybridized carbons (Fsp3) is 0.188. The topological polar surface area (TPSA) is 66.5 Å². The molecule has 0 heterocycles. The Bertz CT molecular complexity index is 886. The molecule has 0 aromatic heterocycles. The van der Waals surface area contributed by atoms with Gasteiger partial charge in [0.2, 0.25) is 15.9 Å². The number of benzene rings is 2. The average molecular weight is 422 g/mol. The van der Waals surface area contributed by atoms with Crippen molar-refractivity contribution in [1.29, 1.82) is 0 Å². The molecule has 0 saturated carbocycles. The van der Waals surface area contributed by atoms with Gasteiger partial charge in [0.15, 0.2) is 0 Å². The van der Waals surface area contributed by atoms with Gasteiger partial charge in [-0.15, -0.1) is 0 Å². The van der Waals surface area contributed by atoms with Crippen LogP contribution in [-0.2, 0) is 14.8 Å². The summed E-state index contributed by atoms with van der Waals surface area (Å²) >= 11 is 17.8. The molecule has 0 bridgehead atoms. The number of carbonyl (C=O) groups excluding carboxylic acids is 1. The summed E-state index contributed by atoms with van der Waals surface area (Å²) in [6.07, 6.45) is 1.03. The largest absolute Gasteiger partial charge is 0.323 e. The molecule has 0 unspecified atom stereocenters. The average Bonchev–Trinajstić information content (AvgIpc) is 2.51. The van der Waals surface area contributed by atoms with E-state index in [0.29, 0.717) is 26.4 Å². The van der Waals surface area contributed by atoms with Crippen LogP contribution in [0.25, 0.3) is 0 Å². The summed E-state index contributed by atoms with van der Waals surface area (Å²) in [6.45, 7) is 1.48. The molecule has 0 aliphatic carbocycles. The molecule has 0 fully saturated rings. The molecule has 0 aliphatic heterocycles. The van der Waals surface area contributed by atoms with Gasteiger partial charge >= 0.3 is 0 Å². The second-order valence-electron chi connectivity index (χ2n) is 5.32. The van der Waals surface area contributed by atoms with Gasteiger partial charge in [-0.1, -0.05) is 34.8 Å². The van der Waals surface area contributed by atoms with Crippen molar-refractivity contribution in [2.45, 2.75) is 13.0 Å². The quantitative estimate of drug-likeness (QED) is 0.776. The van der Waals surface area contributed by atoms with Crippen LogP contribution in [0.4, 0.5) is 11.4 Å². The van der Waals surface area contributed by atoms with Gasteiger partial charge in [0.05, 0.1) is 22.7 Å². The van der Waals surface area contributed by atoms with E-state index in [1.807, 2.05) is 0 Å². The Morgan fingerprint density at radius 3 is 2.16 bits per heavy atom. The zero-order valence-corrected chi connectivity index (χ0v) is 16.4. The van der Waals surface area contributed by atoms with Gasteiger partial charge in [-0.2, -0.15) is 0 Å². The number of nitrogens with one attached hydrogen (secondary N) is 1. The Morgan fingerprint density at radius 2 is 1.60 bits per heavy atom. The van der Waals surface area contributed by atoms with Crippen LogP contribution in [0.1, 0.15) is 6.92 Å². The summed E-state index contributed by atoms with van der Waals surface area (Å²) in [6, 6.07) is 9.74. The van der Waals surface area contributed by atoms with E-state index in [9.17, 15) is 13.2 Å². The van der Waals surface area contributed by atoms with Crippen molar-refractivity contribution in [3.05, 3.63) is 57.5 Å². The Labute approximate surface area is 161 Å². The van der Waals surface area contributed by atoms with Crippen molar-refractivity contribution in [1.82, 2.24) is 0 Å². The number of nitrogens with zero attached hydrogens (tertiary/aromatic N) is 1. The molecular formula is C16H15Cl3N2O3S. The minimum Gasteiger partial charge on any atom is -0.323 e. The van der Waals surface area contributed by atoms with Crippen molar-refractivity contribution in [3.8, 4) is 0 Å². The molecule has 1 atom stereocenters. The third-order valence-electron chi connectivity index (χ3n) is 3.36. The predicted molar refractivity (Wildman–Crippen MR) is 103 cm³/mol. The lowest BCUT2D eigenvalue weighted by Crippen LogP contribution is -2.45.